The Labute approximate surface area is 189 Å². The van der Waals surface area contributed by atoms with Crippen molar-refractivity contribution in [3.8, 4) is 0 Å². The van der Waals surface area contributed by atoms with Crippen molar-refractivity contribution in [3.63, 3.8) is 0 Å². The van der Waals surface area contributed by atoms with Gasteiger partial charge in [0.05, 0.1) is 17.8 Å². The molecule has 2 aromatic heterocycles. The van der Waals surface area contributed by atoms with E-state index in [0.717, 1.165) is 23.9 Å². The molecule has 32 heavy (non-hydrogen) atoms. The monoisotopic (exact) mass is 452 g/mol. The molecule has 2 N–H and O–H groups in total. The van der Waals surface area contributed by atoms with E-state index in [2.05, 4.69) is 10.2 Å². The molecule has 0 unspecified atom stereocenters. The van der Waals surface area contributed by atoms with Gasteiger partial charge in [0.25, 0.3) is 5.91 Å². The number of carboxylic acids is 1. The number of benzene rings is 1. The number of rotatable bonds is 7. The van der Waals surface area contributed by atoms with Crippen LogP contribution in [-0.4, -0.2) is 45.4 Å². The lowest BCUT2D eigenvalue weighted by Gasteiger charge is -2.25. The number of carbonyl (C=O) groups is 3. The summed E-state index contributed by atoms with van der Waals surface area (Å²) in [6.45, 7) is 3.86. The summed E-state index contributed by atoms with van der Waals surface area (Å²) in [5.41, 5.74) is 2.23. The van der Waals surface area contributed by atoms with Gasteiger partial charge in [-0.05, 0) is 56.5 Å². The van der Waals surface area contributed by atoms with E-state index < -0.39 is 5.97 Å². The summed E-state index contributed by atoms with van der Waals surface area (Å²) in [5, 5.41) is 14.8. The average Bonchev–Trinajstić information content (AvgIpc) is 3.42. The van der Waals surface area contributed by atoms with Crippen LogP contribution in [0.15, 0.2) is 41.9 Å². The number of nitrogens with zero attached hydrogens (tertiary/aromatic N) is 3. The summed E-state index contributed by atoms with van der Waals surface area (Å²) in [7, 11) is 0. The Morgan fingerprint density at radius 2 is 1.81 bits per heavy atom. The highest BCUT2D eigenvalue weighted by Gasteiger charge is 2.19. The van der Waals surface area contributed by atoms with Gasteiger partial charge in [-0.25, -0.2) is 9.78 Å². The Morgan fingerprint density at radius 1 is 1.09 bits per heavy atom. The van der Waals surface area contributed by atoms with Crippen LogP contribution in [0.5, 0.6) is 0 Å². The van der Waals surface area contributed by atoms with Crippen molar-refractivity contribution >= 4 is 39.8 Å². The fourth-order valence-corrected chi connectivity index (χ4v) is 4.56. The number of amides is 1. The molecule has 0 bridgehead atoms. The number of nitrogens with one attached hydrogen (secondary N) is 1. The van der Waals surface area contributed by atoms with Gasteiger partial charge in [-0.1, -0.05) is 0 Å². The number of hydrogen-bond acceptors (Lipinski definition) is 6. The number of ketones is 1. The first-order valence-corrected chi connectivity index (χ1v) is 11.3. The number of carbonyl (C=O) groups excluding carboxylic acids is 2. The molecule has 0 atom stereocenters. The van der Waals surface area contributed by atoms with Crippen LogP contribution in [0.2, 0.25) is 0 Å². The summed E-state index contributed by atoms with van der Waals surface area (Å²) < 4.78 is 1.73. The lowest BCUT2D eigenvalue weighted by atomic mass is 10.1. The van der Waals surface area contributed by atoms with Crippen LogP contribution in [0.1, 0.15) is 63.1 Å². The van der Waals surface area contributed by atoms with Crippen LogP contribution in [0.3, 0.4) is 0 Å². The maximum Gasteiger partial charge on any atom is 0.335 e. The second-order valence-corrected chi connectivity index (χ2v) is 8.64. The Morgan fingerprint density at radius 3 is 2.47 bits per heavy atom. The Balaban J connectivity index is 1.53. The summed E-state index contributed by atoms with van der Waals surface area (Å²) in [6, 6.07) is 7.49. The average molecular weight is 453 g/mol. The Hall–Kier alpha value is -3.46. The van der Waals surface area contributed by atoms with E-state index in [9.17, 15) is 14.4 Å². The molecule has 8 nitrogen and oxygen atoms in total. The molecule has 9 heteroatoms. The zero-order valence-corrected chi connectivity index (χ0v) is 18.5. The van der Waals surface area contributed by atoms with E-state index >= 15 is 0 Å². The standard InChI is InChI=1S/C23H24N4O4S/c1-15(28)17-11-20(21(29)24-18-7-5-16(6-8-18)22(30)31)27(12-17)13-19-14-32-23(25-19)26-9-3-2-4-10-26/h5-8,11-12,14H,2-4,9-10,13H2,1H3,(H,24,29)(H,30,31). The molecule has 166 valence electrons. The first kappa shape index (κ1) is 21.8. The first-order valence-electron chi connectivity index (χ1n) is 10.5. The van der Waals surface area contributed by atoms with Gasteiger partial charge in [-0.2, -0.15) is 0 Å². The van der Waals surface area contributed by atoms with Gasteiger partial charge >= 0.3 is 5.97 Å². The highest BCUT2D eigenvalue weighted by molar-refractivity contribution is 7.13. The molecule has 1 aliphatic rings. The highest BCUT2D eigenvalue weighted by Crippen LogP contribution is 2.25. The minimum atomic E-state index is -1.03. The third-order valence-corrected chi connectivity index (χ3v) is 6.37. The lowest BCUT2D eigenvalue weighted by molar-refractivity contribution is 0.0696. The largest absolute Gasteiger partial charge is 0.478 e. The van der Waals surface area contributed by atoms with E-state index in [1.807, 2.05) is 5.38 Å². The van der Waals surface area contributed by atoms with Crippen LogP contribution in [0.4, 0.5) is 10.8 Å². The smallest absolute Gasteiger partial charge is 0.335 e. The van der Waals surface area contributed by atoms with Gasteiger partial charge in [-0.15, -0.1) is 11.3 Å². The molecule has 1 saturated heterocycles. The molecule has 1 aliphatic heterocycles. The SMILES string of the molecule is CC(=O)c1cc(C(=O)Nc2ccc(C(=O)O)cc2)n(Cc2csc(N3CCCCC3)n2)c1. The lowest BCUT2D eigenvalue weighted by Crippen LogP contribution is -2.29. The molecular weight excluding hydrogens is 428 g/mol. The number of Topliss-reactive ketones (excluding diaryl/α,β-unsaturated/α-hetero) is 1. The molecule has 3 aromatic rings. The maximum atomic E-state index is 12.9. The third-order valence-electron chi connectivity index (χ3n) is 5.42. The second-order valence-electron chi connectivity index (χ2n) is 7.80. The molecule has 4 rings (SSSR count). The third kappa shape index (κ3) is 4.88. The quantitative estimate of drug-likeness (QED) is 0.522. The second kappa shape index (κ2) is 9.35. The van der Waals surface area contributed by atoms with Crippen LogP contribution < -0.4 is 10.2 Å². The molecule has 1 fully saturated rings. The van der Waals surface area contributed by atoms with Crippen LogP contribution >= 0.6 is 11.3 Å². The van der Waals surface area contributed by atoms with Crippen molar-refractivity contribution < 1.29 is 19.5 Å². The Kier molecular flexibility index (Phi) is 6.36. The minimum Gasteiger partial charge on any atom is -0.478 e. The zero-order valence-electron chi connectivity index (χ0n) is 17.7. The summed E-state index contributed by atoms with van der Waals surface area (Å²) in [6.07, 6.45) is 5.27. The van der Waals surface area contributed by atoms with Gasteiger partial charge < -0.3 is 19.9 Å². The molecule has 1 amide bonds. The number of piperidine rings is 1. The van der Waals surface area contributed by atoms with Gasteiger partial charge in [-0.3, -0.25) is 9.59 Å². The molecule has 3 heterocycles. The van der Waals surface area contributed by atoms with Crippen molar-refractivity contribution in [2.24, 2.45) is 0 Å². The van der Waals surface area contributed by atoms with Crippen molar-refractivity contribution in [1.29, 1.82) is 0 Å². The number of carboxylic acid groups (broad SMARTS) is 1. The molecule has 0 saturated carbocycles. The van der Waals surface area contributed by atoms with E-state index in [1.165, 1.54) is 50.5 Å². The number of aromatic nitrogens is 2. The van der Waals surface area contributed by atoms with E-state index in [4.69, 9.17) is 10.1 Å². The molecule has 0 aliphatic carbocycles. The predicted octanol–water partition coefficient (Wildman–Crippen LogP) is 4.14. The van der Waals surface area contributed by atoms with Crippen molar-refractivity contribution in [2.75, 3.05) is 23.3 Å². The maximum absolute atomic E-state index is 12.9. The first-order chi connectivity index (χ1) is 15.4. The van der Waals surface area contributed by atoms with E-state index in [-0.39, 0.29) is 17.3 Å². The zero-order chi connectivity index (χ0) is 22.7. The van der Waals surface area contributed by atoms with Crippen LogP contribution in [0, 0.1) is 0 Å². The van der Waals surface area contributed by atoms with Crippen molar-refractivity contribution in [1.82, 2.24) is 9.55 Å². The van der Waals surface area contributed by atoms with Crippen LogP contribution in [-0.2, 0) is 6.54 Å². The topological polar surface area (TPSA) is 105 Å². The minimum absolute atomic E-state index is 0.129. The summed E-state index contributed by atoms with van der Waals surface area (Å²) >= 11 is 1.59. The van der Waals surface area contributed by atoms with Crippen molar-refractivity contribution in [2.45, 2.75) is 32.7 Å². The molecule has 0 radical (unpaired) electrons. The highest BCUT2D eigenvalue weighted by atomic mass is 32.1. The molecule has 1 aromatic carbocycles. The number of aromatic carboxylic acids is 1. The fraction of sp³-hybridized carbons (Fsp3) is 0.304. The molecular formula is C23H24N4O4S. The van der Waals surface area contributed by atoms with Gasteiger partial charge in [0.15, 0.2) is 10.9 Å². The number of anilines is 2. The van der Waals surface area contributed by atoms with Gasteiger partial charge in [0.1, 0.15) is 5.69 Å². The number of thiazole rings is 1. The Bertz CT molecular complexity index is 1140. The fourth-order valence-electron chi connectivity index (χ4n) is 3.69. The normalized spacial score (nSPS) is 13.7. The molecule has 0 spiro atoms. The van der Waals surface area contributed by atoms with Gasteiger partial charge in [0.2, 0.25) is 0 Å². The van der Waals surface area contributed by atoms with Crippen molar-refractivity contribution in [3.05, 3.63) is 64.4 Å². The predicted molar refractivity (Wildman–Crippen MR) is 123 cm³/mol. The van der Waals surface area contributed by atoms with Gasteiger partial charge in [0, 0.05) is 35.9 Å². The van der Waals surface area contributed by atoms with E-state index in [0.29, 0.717) is 23.5 Å². The summed E-state index contributed by atoms with van der Waals surface area (Å²) in [4.78, 5) is 42.9. The number of hydrogen-bond donors (Lipinski definition) is 2. The summed E-state index contributed by atoms with van der Waals surface area (Å²) in [5.74, 6) is -1.54. The van der Waals surface area contributed by atoms with E-state index in [1.54, 1.807) is 28.2 Å². The van der Waals surface area contributed by atoms with Crippen LogP contribution in [0.25, 0.3) is 0 Å².